The Balaban J connectivity index is 2.17. The van der Waals surface area contributed by atoms with Crippen molar-refractivity contribution in [2.75, 3.05) is 0 Å². The first-order valence-corrected chi connectivity index (χ1v) is 6.52. The van der Waals surface area contributed by atoms with Crippen molar-refractivity contribution in [3.63, 3.8) is 0 Å². The number of hydrogen-bond acceptors (Lipinski definition) is 3. The van der Waals surface area contributed by atoms with Crippen molar-refractivity contribution in [2.24, 2.45) is 0 Å². The second-order valence-corrected chi connectivity index (χ2v) is 5.33. The van der Waals surface area contributed by atoms with Crippen molar-refractivity contribution < 1.29 is 4.79 Å². The molecule has 0 radical (unpaired) electrons. The number of benzene rings is 2. The number of aryl methyl sites for hydroxylation is 1. The summed E-state index contributed by atoms with van der Waals surface area (Å²) in [6, 6.07) is 13.7. The summed E-state index contributed by atoms with van der Waals surface area (Å²) in [5.74, 6) is 0.0531. The zero-order chi connectivity index (χ0) is 12.5. The van der Waals surface area contributed by atoms with Crippen LogP contribution < -0.4 is 0 Å². The van der Waals surface area contributed by atoms with E-state index in [0.717, 1.165) is 21.3 Å². The van der Waals surface area contributed by atoms with Gasteiger partial charge in [0.25, 0.3) is 0 Å². The van der Waals surface area contributed by atoms with Gasteiger partial charge in [-0.05, 0) is 17.7 Å². The van der Waals surface area contributed by atoms with Gasteiger partial charge in [0.1, 0.15) is 0 Å². The number of ketones is 1. The smallest absolute Gasteiger partial charge is 0.205 e. The van der Waals surface area contributed by atoms with Gasteiger partial charge in [-0.1, -0.05) is 42.5 Å². The fourth-order valence-electron chi connectivity index (χ4n) is 2.02. The highest BCUT2D eigenvalue weighted by Gasteiger charge is 2.14. The van der Waals surface area contributed by atoms with Gasteiger partial charge in [-0.15, -0.1) is 11.3 Å². The van der Waals surface area contributed by atoms with Gasteiger partial charge in [-0.25, -0.2) is 4.98 Å². The summed E-state index contributed by atoms with van der Waals surface area (Å²) in [7, 11) is 0. The zero-order valence-corrected chi connectivity index (χ0v) is 10.7. The highest BCUT2D eigenvalue weighted by Crippen LogP contribution is 2.23. The number of carbonyl (C=O) groups is 1. The van der Waals surface area contributed by atoms with E-state index >= 15 is 0 Å². The lowest BCUT2D eigenvalue weighted by Gasteiger charge is -2.03. The summed E-state index contributed by atoms with van der Waals surface area (Å²) < 4.78 is 0. The number of rotatable bonds is 2. The fraction of sp³-hybridized carbons (Fsp3) is 0.0667. The minimum absolute atomic E-state index is 0.0531. The molecule has 0 spiro atoms. The van der Waals surface area contributed by atoms with Crippen molar-refractivity contribution in [2.45, 2.75) is 6.92 Å². The van der Waals surface area contributed by atoms with Crippen LogP contribution in [0, 0.1) is 6.92 Å². The van der Waals surface area contributed by atoms with E-state index in [-0.39, 0.29) is 5.78 Å². The molecule has 1 aromatic heterocycles. The second kappa shape index (κ2) is 4.35. The van der Waals surface area contributed by atoms with Crippen molar-refractivity contribution in [1.82, 2.24) is 4.98 Å². The lowest BCUT2D eigenvalue weighted by atomic mass is 10.0. The first-order chi connectivity index (χ1) is 8.75. The second-order valence-electron chi connectivity index (χ2n) is 4.10. The lowest BCUT2D eigenvalue weighted by molar-refractivity contribution is 0.104. The molecule has 0 saturated heterocycles. The predicted molar refractivity (Wildman–Crippen MR) is 74.2 cm³/mol. The molecule has 2 aromatic carbocycles. The van der Waals surface area contributed by atoms with Gasteiger partial charge in [0, 0.05) is 11.8 Å². The Morgan fingerprint density at radius 3 is 2.67 bits per heavy atom. The fourth-order valence-corrected chi connectivity index (χ4v) is 2.75. The summed E-state index contributed by atoms with van der Waals surface area (Å²) in [5, 5.41) is 3.00. The molecule has 0 fully saturated rings. The largest absolute Gasteiger partial charge is 0.288 e. The quantitative estimate of drug-likeness (QED) is 0.649. The molecule has 0 bridgehead atoms. The van der Waals surface area contributed by atoms with Gasteiger partial charge in [0.15, 0.2) is 0 Å². The van der Waals surface area contributed by atoms with Crippen LogP contribution in [0.25, 0.3) is 10.8 Å². The first-order valence-electron chi connectivity index (χ1n) is 5.70. The Bertz CT molecular complexity index is 725. The topological polar surface area (TPSA) is 30.0 Å². The molecular formula is C15H11NOS. The van der Waals surface area contributed by atoms with Crippen molar-refractivity contribution in [3.05, 3.63) is 64.1 Å². The summed E-state index contributed by atoms with van der Waals surface area (Å²) in [6.07, 6.45) is 1.66. The molecule has 0 saturated carbocycles. The van der Waals surface area contributed by atoms with E-state index in [0.29, 0.717) is 4.88 Å². The third-order valence-electron chi connectivity index (χ3n) is 2.88. The minimum atomic E-state index is 0.0531. The van der Waals surface area contributed by atoms with Gasteiger partial charge in [0.2, 0.25) is 5.78 Å². The van der Waals surface area contributed by atoms with Crippen LogP contribution in [0.4, 0.5) is 0 Å². The highest BCUT2D eigenvalue weighted by atomic mass is 32.1. The lowest BCUT2D eigenvalue weighted by Crippen LogP contribution is -1.99. The number of hydrogen-bond donors (Lipinski definition) is 0. The van der Waals surface area contributed by atoms with Crippen LogP contribution in [0.15, 0.2) is 48.7 Å². The van der Waals surface area contributed by atoms with Crippen LogP contribution in [0.1, 0.15) is 20.2 Å². The van der Waals surface area contributed by atoms with E-state index in [4.69, 9.17) is 0 Å². The van der Waals surface area contributed by atoms with Crippen LogP contribution in [0.2, 0.25) is 0 Å². The maximum atomic E-state index is 12.4. The molecule has 18 heavy (non-hydrogen) atoms. The van der Waals surface area contributed by atoms with Crippen LogP contribution >= 0.6 is 11.3 Å². The molecule has 0 amide bonds. The normalized spacial score (nSPS) is 10.7. The van der Waals surface area contributed by atoms with Gasteiger partial charge >= 0.3 is 0 Å². The molecule has 0 N–H and O–H groups in total. The van der Waals surface area contributed by atoms with Crippen LogP contribution in [0.5, 0.6) is 0 Å². The molecular weight excluding hydrogens is 242 g/mol. The van der Waals surface area contributed by atoms with Crippen LogP contribution in [0.3, 0.4) is 0 Å². The third kappa shape index (κ3) is 1.83. The molecule has 0 atom stereocenters. The number of carbonyl (C=O) groups excluding carboxylic acids is 1. The van der Waals surface area contributed by atoms with E-state index in [1.54, 1.807) is 6.20 Å². The van der Waals surface area contributed by atoms with E-state index in [9.17, 15) is 4.79 Å². The minimum Gasteiger partial charge on any atom is -0.288 e. The van der Waals surface area contributed by atoms with E-state index in [2.05, 4.69) is 4.98 Å². The molecule has 3 aromatic rings. The number of aromatic nitrogens is 1. The average molecular weight is 253 g/mol. The molecule has 3 rings (SSSR count). The molecule has 0 aliphatic rings. The van der Waals surface area contributed by atoms with Crippen LogP contribution in [-0.2, 0) is 0 Å². The molecule has 0 aliphatic heterocycles. The van der Waals surface area contributed by atoms with E-state index < -0.39 is 0 Å². The first kappa shape index (κ1) is 11.1. The Labute approximate surface area is 109 Å². The Morgan fingerprint density at radius 2 is 1.89 bits per heavy atom. The summed E-state index contributed by atoms with van der Waals surface area (Å²) in [5.41, 5.74) is 0.747. The molecule has 3 heteroatoms. The maximum absolute atomic E-state index is 12.4. The molecule has 0 unspecified atom stereocenters. The van der Waals surface area contributed by atoms with Crippen molar-refractivity contribution in [3.8, 4) is 0 Å². The van der Waals surface area contributed by atoms with Gasteiger partial charge in [0.05, 0.1) is 9.88 Å². The van der Waals surface area contributed by atoms with Gasteiger partial charge in [-0.2, -0.15) is 0 Å². The van der Waals surface area contributed by atoms with Gasteiger partial charge in [-0.3, -0.25) is 4.79 Å². The number of fused-ring (bicyclic) bond motifs is 1. The number of thiazole rings is 1. The summed E-state index contributed by atoms with van der Waals surface area (Å²) in [6.45, 7) is 1.91. The Morgan fingerprint density at radius 1 is 1.11 bits per heavy atom. The predicted octanol–water partition coefficient (Wildman–Crippen LogP) is 3.84. The highest BCUT2D eigenvalue weighted by molar-refractivity contribution is 7.13. The molecule has 1 heterocycles. The number of nitrogens with zero attached hydrogens (tertiary/aromatic N) is 1. The average Bonchev–Trinajstić information content (AvgIpc) is 2.84. The summed E-state index contributed by atoms with van der Waals surface area (Å²) in [4.78, 5) is 17.3. The Kier molecular flexibility index (Phi) is 2.68. The zero-order valence-electron chi connectivity index (χ0n) is 9.88. The van der Waals surface area contributed by atoms with E-state index in [1.807, 2.05) is 49.4 Å². The molecule has 88 valence electrons. The standard InChI is InChI=1S/C15H11NOS/c1-10-16-9-14(18-10)15(17)13-8-4-6-11-5-2-3-7-12(11)13/h2-9H,1H3. The Hall–Kier alpha value is -2.00. The molecule has 0 aliphatic carbocycles. The van der Waals surface area contributed by atoms with Crippen molar-refractivity contribution >= 4 is 27.9 Å². The molecule has 2 nitrogen and oxygen atoms in total. The van der Waals surface area contributed by atoms with Gasteiger partial charge < -0.3 is 0 Å². The summed E-state index contributed by atoms with van der Waals surface area (Å²) >= 11 is 1.44. The third-order valence-corrected chi connectivity index (χ3v) is 3.79. The van der Waals surface area contributed by atoms with Crippen molar-refractivity contribution in [1.29, 1.82) is 0 Å². The van der Waals surface area contributed by atoms with E-state index in [1.165, 1.54) is 11.3 Å². The van der Waals surface area contributed by atoms with Crippen LogP contribution in [-0.4, -0.2) is 10.8 Å². The maximum Gasteiger partial charge on any atom is 0.205 e. The SMILES string of the molecule is Cc1ncc(C(=O)c2cccc3ccccc23)s1. The monoisotopic (exact) mass is 253 g/mol.